The van der Waals surface area contributed by atoms with E-state index in [0.29, 0.717) is 23.2 Å². The molecule has 1 aromatic carbocycles. The lowest BCUT2D eigenvalue weighted by molar-refractivity contribution is 0.102. The third-order valence-electron chi connectivity index (χ3n) is 4.02. The summed E-state index contributed by atoms with van der Waals surface area (Å²) in [6.45, 7) is 2.35. The smallest absolute Gasteiger partial charge is 0.275 e. The zero-order valence-electron chi connectivity index (χ0n) is 15.0. The molecule has 0 unspecified atom stereocenters. The van der Waals surface area contributed by atoms with Gasteiger partial charge >= 0.3 is 0 Å². The largest absolute Gasteiger partial charge is 0.305 e. The molecule has 0 fully saturated rings. The van der Waals surface area contributed by atoms with Gasteiger partial charge < -0.3 is 5.32 Å². The van der Waals surface area contributed by atoms with Crippen LogP contribution in [0, 0.1) is 6.92 Å². The molecule has 0 atom stereocenters. The SMILES string of the molecule is Cc1cc(NC(=O)c2cccc(-n3cnnc3)n2)n(Cc2cccc(Cl)c2)n1. The molecule has 0 aliphatic rings. The Kier molecular flexibility index (Phi) is 4.86. The number of anilines is 1. The fourth-order valence-electron chi connectivity index (χ4n) is 2.77. The van der Waals surface area contributed by atoms with Gasteiger partial charge in [0.25, 0.3) is 5.91 Å². The summed E-state index contributed by atoms with van der Waals surface area (Å²) >= 11 is 6.06. The molecule has 0 bridgehead atoms. The van der Waals surface area contributed by atoms with Crippen molar-refractivity contribution in [3.8, 4) is 5.82 Å². The highest BCUT2D eigenvalue weighted by molar-refractivity contribution is 6.30. The minimum absolute atomic E-state index is 0.277. The van der Waals surface area contributed by atoms with Crippen molar-refractivity contribution in [1.29, 1.82) is 0 Å². The lowest BCUT2D eigenvalue weighted by Crippen LogP contribution is -2.18. The van der Waals surface area contributed by atoms with Crippen molar-refractivity contribution < 1.29 is 4.79 Å². The second-order valence-electron chi connectivity index (χ2n) is 6.16. The number of carbonyl (C=O) groups is 1. The summed E-state index contributed by atoms with van der Waals surface area (Å²) in [5, 5.41) is 15.5. The minimum atomic E-state index is -0.331. The van der Waals surface area contributed by atoms with Crippen LogP contribution in [0.5, 0.6) is 0 Å². The average Bonchev–Trinajstić information content (AvgIpc) is 3.32. The summed E-state index contributed by atoms with van der Waals surface area (Å²) < 4.78 is 3.35. The molecule has 8 nitrogen and oxygen atoms in total. The quantitative estimate of drug-likeness (QED) is 0.562. The fraction of sp³-hybridized carbons (Fsp3) is 0.105. The van der Waals surface area contributed by atoms with Crippen LogP contribution in [0.15, 0.2) is 61.2 Å². The van der Waals surface area contributed by atoms with Gasteiger partial charge in [-0.2, -0.15) is 5.10 Å². The molecule has 1 amide bonds. The molecule has 28 heavy (non-hydrogen) atoms. The van der Waals surface area contributed by atoms with E-state index in [0.717, 1.165) is 11.3 Å². The molecule has 0 aliphatic carbocycles. The maximum atomic E-state index is 12.7. The Balaban J connectivity index is 1.56. The molecule has 0 aliphatic heterocycles. The van der Waals surface area contributed by atoms with E-state index < -0.39 is 0 Å². The number of hydrogen-bond acceptors (Lipinski definition) is 5. The van der Waals surface area contributed by atoms with E-state index in [1.807, 2.05) is 37.3 Å². The molecular weight excluding hydrogens is 378 g/mol. The lowest BCUT2D eigenvalue weighted by atomic mass is 10.2. The molecule has 0 radical (unpaired) electrons. The summed E-state index contributed by atoms with van der Waals surface area (Å²) in [4.78, 5) is 17.1. The second kappa shape index (κ2) is 7.61. The molecule has 140 valence electrons. The Labute approximate surface area is 165 Å². The number of aromatic nitrogens is 6. The molecule has 4 aromatic rings. The van der Waals surface area contributed by atoms with Gasteiger partial charge in [0.15, 0.2) is 0 Å². The number of rotatable bonds is 5. The van der Waals surface area contributed by atoms with Gasteiger partial charge in [0.1, 0.15) is 30.0 Å². The van der Waals surface area contributed by atoms with Crippen molar-refractivity contribution in [2.75, 3.05) is 5.32 Å². The van der Waals surface area contributed by atoms with Crippen molar-refractivity contribution in [2.24, 2.45) is 0 Å². The van der Waals surface area contributed by atoms with E-state index in [1.54, 1.807) is 27.4 Å². The first-order chi connectivity index (χ1) is 13.6. The number of nitrogens with zero attached hydrogens (tertiary/aromatic N) is 6. The molecule has 1 N–H and O–H groups in total. The summed E-state index contributed by atoms with van der Waals surface area (Å²) in [5.74, 6) is 0.808. The van der Waals surface area contributed by atoms with Gasteiger partial charge in [0, 0.05) is 11.1 Å². The summed E-state index contributed by atoms with van der Waals surface area (Å²) in [6.07, 6.45) is 3.04. The van der Waals surface area contributed by atoms with Crippen LogP contribution in [0.2, 0.25) is 5.02 Å². The van der Waals surface area contributed by atoms with Gasteiger partial charge in [-0.15, -0.1) is 10.2 Å². The highest BCUT2D eigenvalue weighted by atomic mass is 35.5. The van der Waals surface area contributed by atoms with E-state index in [4.69, 9.17) is 11.6 Å². The standard InChI is InChI=1S/C19H16ClN7O/c1-13-8-18(27(25-13)10-14-4-2-5-15(20)9-14)24-19(28)16-6-3-7-17(23-16)26-11-21-22-12-26/h2-9,11-12H,10H2,1H3,(H,24,28). The Morgan fingerprint density at radius 2 is 1.89 bits per heavy atom. The third-order valence-corrected chi connectivity index (χ3v) is 4.25. The van der Waals surface area contributed by atoms with Crippen LogP contribution >= 0.6 is 11.6 Å². The number of amides is 1. The van der Waals surface area contributed by atoms with Crippen LogP contribution < -0.4 is 5.32 Å². The number of nitrogens with one attached hydrogen (secondary N) is 1. The van der Waals surface area contributed by atoms with Crippen LogP contribution in [-0.4, -0.2) is 35.4 Å². The van der Waals surface area contributed by atoms with Gasteiger partial charge in [-0.25, -0.2) is 9.67 Å². The van der Waals surface area contributed by atoms with E-state index in [9.17, 15) is 4.79 Å². The number of hydrogen-bond donors (Lipinski definition) is 1. The van der Waals surface area contributed by atoms with Crippen LogP contribution in [0.4, 0.5) is 5.82 Å². The molecule has 3 heterocycles. The summed E-state index contributed by atoms with van der Waals surface area (Å²) in [5.41, 5.74) is 2.06. The number of aryl methyl sites for hydroxylation is 1. The van der Waals surface area contributed by atoms with Crippen LogP contribution in [0.1, 0.15) is 21.7 Å². The Morgan fingerprint density at radius 3 is 2.68 bits per heavy atom. The lowest BCUT2D eigenvalue weighted by Gasteiger charge is -2.10. The molecule has 0 spiro atoms. The Hall–Kier alpha value is -3.52. The number of carbonyl (C=O) groups excluding carboxylic acids is 1. The predicted molar refractivity (Wildman–Crippen MR) is 105 cm³/mol. The highest BCUT2D eigenvalue weighted by Crippen LogP contribution is 2.17. The first-order valence-corrected chi connectivity index (χ1v) is 8.88. The van der Waals surface area contributed by atoms with Crippen molar-refractivity contribution in [3.05, 3.63) is 83.2 Å². The molecule has 0 saturated heterocycles. The minimum Gasteiger partial charge on any atom is -0.305 e. The van der Waals surface area contributed by atoms with Crippen LogP contribution in [0.25, 0.3) is 5.82 Å². The van der Waals surface area contributed by atoms with E-state index >= 15 is 0 Å². The third kappa shape index (κ3) is 3.91. The molecular formula is C19H16ClN7O. The van der Waals surface area contributed by atoms with Crippen molar-refractivity contribution >= 4 is 23.3 Å². The first kappa shape index (κ1) is 17.9. The molecule has 4 rings (SSSR count). The predicted octanol–water partition coefficient (Wildman–Crippen LogP) is 3.12. The first-order valence-electron chi connectivity index (χ1n) is 8.51. The number of benzene rings is 1. The number of pyridine rings is 1. The topological polar surface area (TPSA) is 90.5 Å². The zero-order chi connectivity index (χ0) is 19.5. The van der Waals surface area contributed by atoms with E-state index in [-0.39, 0.29) is 11.6 Å². The van der Waals surface area contributed by atoms with Crippen LogP contribution in [-0.2, 0) is 6.54 Å². The normalized spacial score (nSPS) is 10.8. The average molecular weight is 394 g/mol. The van der Waals surface area contributed by atoms with Gasteiger partial charge in [-0.05, 0) is 36.8 Å². The summed E-state index contributed by atoms with van der Waals surface area (Å²) in [6, 6.07) is 14.5. The van der Waals surface area contributed by atoms with Gasteiger partial charge in [-0.1, -0.05) is 29.8 Å². The molecule has 9 heteroatoms. The Morgan fingerprint density at radius 1 is 1.11 bits per heavy atom. The zero-order valence-corrected chi connectivity index (χ0v) is 15.7. The maximum Gasteiger partial charge on any atom is 0.275 e. The Bertz CT molecular complexity index is 1120. The number of halogens is 1. The van der Waals surface area contributed by atoms with Crippen molar-refractivity contribution in [1.82, 2.24) is 29.5 Å². The van der Waals surface area contributed by atoms with Gasteiger partial charge in [0.2, 0.25) is 0 Å². The van der Waals surface area contributed by atoms with E-state index in [1.165, 1.54) is 12.7 Å². The highest BCUT2D eigenvalue weighted by Gasteiger charge is 2.14. The van der Waals surface area contributed by atoms with E-state index in [2.05, 4.69) is 25.6 Å². The van der Waals surface area contributed by atoms with Crippen molar-refractivity contribution in [2.45, 2.75) is 13.5 Å². The van der Waals surface area contributed by atoms with Crippen LogP contribution in [0.3, 0.4) is 0 Å². The van der Waals surface area contributed by atoms with Crippen molar-refractivity contribution in [3.63, 3.8) is 0 Å². The maximum absolute atomic E-state index is 12.7. The molecule has 3 aromatic heterocycles. The molecule has 0 saturated carbocycles. The fourth-order valence-corrected chi connectivity index (χ4v) is 2.98. The van der Waals surface area contributed by atoms with Gasteiger partial charge in [0.05, 0.1) is 12.2 Å². The monoisotopic (exact) mass is 393 g/mol. The van der Waals surface area contributed by atoms with Gasteiger partial charge in [-0.3, -0.25) is 9.36 Å². The summed E-state index contributed by atoms with van der Waals surface area (Å²) in [7, 11) is 0. The second-order valence-corrected chi connectivity index (χ2v) is 6.60.